The molecule has 1 aromatic heterocycles. The van der Waals surface area contributed by atoms with Gasteiger partial charge >= 0.3 is 0 Å². The van der Waals surface area contributed by atoms with Crippen molar-refractivity contribution in [1.82, 2.24) is 20.4 Å². The van der Waals surface area contributed by atoms with Crippen LogP contribution >= 0.6 is 15.9 Å². The van der Waals surface area contributed by atoms with Gasteiger partial charge in [0.05, 0.1) is 0 Å². The fraction of sp³-hybridized carbons (Fsp3) is 0.429. The number of rotatable bonds is 7. The number of hydrogen-bond acceptors (Lipinski definition) is 3. The van der Waals surface area contributed by atoms with Crippen molar-refractivity contribution in [2.45, 2.75) is 32.2 Å². The minimum atomic E-state index is 0.0230. The number of carbonyl (C=O) groups excluding carboxylic acids is 1. The molecular weight excluding hydrogens is 404 g/mol. The molecule has 1 amide bonds. The van der Waals surface area contributed by atoms with E-state index in [1.54, 1.807) is 6.07 Å². The summed E-state index contributed by atoms with van der Waals surface area (Å²) in [6, 6.07) is 8.24. The Hall–Kier alpha value is -1.92. The molecule has 2 N–H and O–H groups in total. The molecule has 0 atom stereocenters. The van der Waals surface area contributed by atoms with Crippen LogP contribution in [0.5, 0.6) is 0 Å². The number of halogens is 1. The van der Waals surface area contributed by atoms with E-state index < -0.39 is 0 Å². The summed E-state index contributed by atoms with van der Waals surface area (Å²) in [4.78, 5) is 15.1. The van der Waals surface area contributed by atoms with Crippen LogP contribution in [0.3, 0.4) is 0 Å². The number of amides is 1. The summed E-state index contributed by atoms with van der Waals surface area (Å²) in [7, 11) is 1.98. The van der Waals surface area contributed by atoms with Crippen molar-refractivity contribution in [3.8, 4) is 0 Å². The molecular formula is C21H25BrN4O. The fourth-order valence-electron chi connectivity index (χ4n) is 4.04. The van der Waals surface area contributed by atoms with E-state index in [0.717, 1.165) is 19.5 Å². The Kier molecular flexibility index (Phi) is 5.45. The molecule has 5 nitrogen and oxygen atoms in total. The highest BCUT2D eigenvalue weighted by Gasteiger charge is 2.27. The van der Waals surface area contributed by atoms with Crippen LogP contribution in [-0.4, -0.2) is 41.1 Å². The third-order valence-electron chi connectivity index (χ3n) is 5.62. The van der Waals surface area contributed by atoms with E-state index in [0.29, 0.717) is 22.8 Å². The number of aromatic amines is 1. The van der Waals surface area contributed by atoms with Crippen LogP contribution in [0.25, 0.3) is 5.57 Å². The lowest BCUT2D eigenvalue weighted by Gasteiger charge is -2.32. The normalized spacial score (nSPS) is 16.0. The number of nitrogens with one attached hydrogen (secondary N) is 2. The monoisotopic (exact) mass is 428 g/mol. The molecule has 1 saturated carbocycles. The summed E-state index contributed by atoms with van der Waals surface area (Å²) < 4.78 is 0.661. The predicted octanol–water partition coefficient (Wildman–Crippen LogP) is 3.77. The number of allylic oxidation sites excluding steroid dienone is 1. The highest BCUT2D eigenvalue weighted by Crippen LogP contribution is 2.33. The first-order valence-electron chi connectivity index (χ1n) is 9.60. The first-order valence-corrected chi connectivity index (χ1v) is 10.4. The zero-order valence-corrected chi connectivity index (χ0v) is 17.2. The number of benzene rings is 1. The molecule has 0 unspecified atom stereocenters. The number of fused-ring (bicyclic) bond motifs is 1. The van der Waals surface area contributed by atoms with Crippen molar-refractivity contribution in [3.05, 3.63) is 57.3 Å². The molecule has 6 heteroatoms. The van der Waals surface area contributed by atoms with Gasteiger partial charge in [-0.1, -0.05) is 30.7 Å². The molecule has 0 saturated heterocycles. The van der Waals surface area contributed by atoms with Crippen LogP contribution in [-0.2, 0) is 13.0 Å². The zero-order chi connectivity index (χ0) is 18.8. The van der Waals surface area contributed by atoms with Crippen molar-refractivity contribution < 1.29 is 4.79 Å². The Morgan fingerprint density at radius 3 is 2.93 bits per heavy atom. The van der Waals surface area contributed by atoms with Crippen molar-refractivity contribution in [3.63, 3.8) is 0 Å². The first-order chi connectivity index (χ1) is 13.2. The molecule has 2 aromatic rings. The molecule has 2 aliphatic carbocycles. The molecule has 1 heterocycles. The van der Waals surface area contributed by atoms with Crippen molar-refractivity contribution in [1.29, 1.82) is 0 Å². The largest absolute Gasteiger partial charge is 0.333 e. The topological polar surface area (TPSA) is 61.0 Å². The number of hydrogen-bond donors (Lipinski definition) is 2. The number of likely N-dealkylation sites (N-methyl/N-ethyl adjacent to an activating group) is 1. The van der Waals surface area contributed by atoms with Crippen LogP contribution in [0.1, 0.15) is 46.4 Å². The maximum Gasteiger partial charge on any atom is 0.272 e. The van der Waals surface area contributed by atoms with Gasteiger partial charge in [0.1, 0.15) is 10.3 Å². The van der Waals surface area contributed by atoms with E-state index in [2.05, 4.69) is 55.7 Å². The Labute approximate surface area is 168 Å². The molecule has 0 radical (unpaired) electrons. The van der Waals surface area contributed by atoms with E-state index in [9.17, 15) is 4.79 Å². The molecule has 142 valence electrons. The lowest BCUT2D eigenvalue weighted by Crippen LogP contribution is -2.37. The van der Waals surface area contributed by atoms with Gasteiger partial charge in [0.25, 0.3) is 5.91 Å². The van der Waals surface area contributed by atoms with Gasteiger partial charge in [0.15, 0.2) is 0 Å². The van der Waals surface area contributed by atoms with Crippen LogP contribution in [0.2, 0.25) is 0 Å². The number of nitrogens with zero attached hydrogens (tertiary/aromatic N) is 2. The summed E-state index contributed by atoms with van der Waals surface area (Å²) in [5.41, 5.74) is 5.79. The van der Waals surface area contributed by atoms with Gasteiger partial charge in [-0.2, -0.15) is 5.10 Å². The van der Waals surface area contributed by atoms with Gasteiger partial charge in [0.2, 0.25) is 0 Å². The maximum atomic E-state index is 13.2. The Morgan fingerprint density at radius 2 is 2.26 bits per heavy atom. The van der Waals surface area contributed by atoms with Crippen LogP contribution in [0, 0.1) is 5.92 Å². The van der Waals surface area contributed by atoms with Crippen molar-refractivity contribution in [2.24, 2.45) is 5.92 Å². The molecule has 0 bridgehead atoms. The Balaban J connectivity index is 1.61. The third-order valence-corrected chi connectivity index (χ3v) is 6.03. The quantitative estimate of drug-likeness (QED) is 0.705. The van der Waals surface area contributed by atoms with Gasteiger partial charge in [-0.3, -0.25) is 9.89 Å². The molecule has 4 rings (SSSR count). The van der Waals surface area contributed by atoms with E-state index in [1.807, 2.05) is 11.9 Å². The molecule has 0 spiro atoms. The second-order valence-corrected chi connectivity index (χ2v) is 8.31. The highest BCUT2D eigenvalue weighted by molar-refractivity contribution is 9.10. The van der Waals surface area contributed by atoms with Gasteiger partial charge in [-0.05, 0) is 70.4 Å². The average molecular weight is 429 g/mol. The molecule has 1 aromatic carbocycles. The highest BCUT2D eigenvalue weighted by atomic mass is 79.9. The summed E-state index contributed by atoms with van der Waals surface area (Å²) in [6.45, 7) is 2.30. The Morgan fingerprint density at radius 1 is 1.41 bits per heavy atom. The first kappa shape index (κ1) is 18.4. The Bertz CT molecular complexity index is 869. The van der Waals surface area contributed by atoms with E-state index in [4.69, 9.17) is 0 Å². The number of aromatic nitrogens is 2. The van der Waals surface area contributed by atoms with Gasteiger partial charge in [-0.15, -0.1) is 0 Å². The van der Waals surface area contributed by atoms with Crippen LogP contribution in [0.15, 0.2) is 34.9 Å². The molecule has 27 heavy (non-hydrogen) atoms. The standard InChI is InChI=1S/C21H25BrN4O/c1-23-11-16-9-8-15-6-3-7-17(20(15)16)13-26(12-14-4-2-5-14)21(27)18-10-19(22)25-24-18/h3,6-7,9-10,14,23H,2,4-5,8,11-13H2,1H3,(H,24,25). The van der Waals surface area contributed by atoms with E-state index in [1.165, 1.54) is 41.5 Å². The summed E-state index contributed by atoms with van der Waals surface area (Å²) in [6.07, 6.45) is 6.99. The minimum Gasteiger partial charge on any atom is -0.333 e. The van der Waals surface area contributed by atoms with Crippen LogP contribution in [0.4, 0.5) is 0 Å². The van der Waals surface area contributed by atoms with Gasteiger partial charge in [0, 0.05) is 25.7 Å². The molecule has 1 fully saturated rings. The summed E-state index contributed by atoms with van der Waals surface area (Å²) >= 11 is 3.33. The molecule has 2 aliphatic rings. The second-order valence-electron chi connectivity index (χ2n) is 7.50. The van der Waals surface area contributed by atoms with Gasteiger partial charge in [-0.25, -0.2) is 0 Å². The maximum absolute atomic E-state index is 13.2. The van der Waals surface area contributed by atoms with Crippen LogP contribution < -0.4 is 5.32 Å². The zero-order valence-electron chi connectivity index (χ0n) is 15.6. The summed E-state index contributed by atoms with van der Waals surface area (Å²) in [5.74, 6) is 0.638. The third kappa shape index (κ3) is 3.87. The average Bonchev–Trinajstić information content (AvgIpc) is 3.24. The lowest BCUT2D eigenvalue weighted by atomic mass is 9.85. The lowest BCUT2D eigenvalue weighted by molar-refractivity contribution is 0.0673. The predicted molar refractivity (Wildman–Crippen MR) is 110 cm³/mol. The molecule has 0 aliphatic heterocycles. The fourth-order valence-corrected chi connectivity index (χ4v) is 4.36. The minimum absolute atomic E-state index is 0.0230. The number of H-pyrrole nitrogens is 1. The SMILES string of the molecule is CNCC1=CCc2cccc(CN(CC3CCC3)C(=O)c3cc(Br)n[nH]3)c21. The summed E-state index contributed by atoms with van der Waals surface area (Å²) in [5, 5.41) is 10.2. The van der Waals surface area contributed by atoms with Gasteiger partial charge < -0.3 is 10.2 Å². The van der Waals surface area contributed by atoms with E-state index >= 15 is 0 Å². The van der Waals surface area contributed by atoms with Crippen molar-refractivity contribution in [2.75, 3.05) is 20.1 Å². The second kappa shape index (κ2) is 7.98. The number of carbonyl (C=O) groups is 1. The smallest absolute Gasteiger partial charge is 0.272 e. The van der Waals surface area contributed by atoms with E-state index in [-0.39, 0.29) is 5.91 Å². The van der Waals surface area contributed by atoms with Crippen molar-refractivity contribution >= 4 is 27.4 Å².